The van der Waals surface area contributed by atoms with Gasteiger partial charge in [-0.2, -0.15) is 5.26 Å². The van der Waals surface area contributed by atoms with Gasteiger partial charge < -0.3 is 4.98 Å². The predicted octanol–water partition coefficient (Wildman–Crippen LogP) is 6.15. The summed E-state index contributed by atoms with van der Waals surface area (Å²) < 4.78 is 3.96. The summed E-state index contributed by atoms with van der Waals surface area (Å²) in [5.41, 5.74) is 4.77. The zero-order chi connectivity index (χ0) is 21.8. The quantitative estimate of drug-likeness (QED) is 0.178. The number of nitriles is 1. The largest absolute Gasteiger partial charge is 1.00 e. The fraction of sp³-hybridized carbons (Fsp3) is 0. The van der Waals surface area contributed by atoms with E-state index in [0.29, 0.717) is 5.56 Å². The Morgan fingerprint density at radius 2 is 1.18 bits per heavy atom. The second kappa shape index (κ2) is 10.1. The van der Waals surface area contributed by atoms with E-state index in [2.05, 4.69) is 47.4 Å². The van der Waals surface area contributed by atoms with Crippen LogP contribution in [-0.2, 0) is 22.4 Å². The topological polar surface area (TPSA) is 43.9 Å². The second-order valence-corrected chi connectivity index (χ2v) is 7.28. The fourth-order valence-electron chi connectivity index (χ4n) is 3.63. The maximum Gasteiger partial charge on any atom is 1.00 e. The first-order valence-corrected chi connectivity index (χ1v) is 10.3. The molecule has 2 heterocycles. The first-order valence-electron chi connectivity index (χ1n) is 10.3. The van der Waals surface area contributed by atoms with Crippen LogP contribution in [0, 0.1) is 11.3 Å². The average molecular weight is 608 g/mol. The van der Waals surface area contributed by atoms with Gasteiger partial charge in [0.05, 0.1) is 11.6 Å². The van der Waals surface area contributed by atoms with Crippen molar-refractivity contribution in [2.45, 2.75) is 0 Å². The van der Waals surface area contributed by atoms with Gasteiger partial charge >= 0.3 is 28.4 Å². The van der Waals surface area contributed by atoms with Gasteiger partial charge in [-0.1, -0.05) is 81.9 Å². The van der Waals surface area contributed by atoms with E-state index in [0.717, 1.165) is 33.2 Å². The number of benzene rings is 4. The van der Waals surface area contributed by atoms with Crippen molar-refractivity contribution in [1.29, 1.82) is 5.26 Å². The van der Waals surface area contributed by atoms with Gasteiger partial charge in [0.2, 0.25) is 11.4 Å². The minimum atomic E-state index is 0. The molecule has 0 unspecified atom stereocenters. The number of hydrogen-bond donors (Lipinski definition) is 0. The smallest absolute Gasteiger partial charge is 0.657 e. The van der Waals surface area contributed by atoms with Crippen molar-refractivity contribution in [2.75, 3.05) is 0 Å². The molecule has 1 aliphatic rings. The zero-order valence-corrected chi connectivity index (χ0v) is 19.7. The first-order chi connectivity index (χ1) is 15.8. The SMILES string of the molecule is C1=[N+](c2ccccc2)C=C[N+]=1c1ccccc1.N#Cc1ccc2c(c1)[n-]c1ccccc12.[Au+]. The zero-order valence-electron chi connectivity index (χ0n) is 17.6. The van der Waals surface area contributed by atoms with E-state index in [1.54, 1.807) is 0 Å². The third-order valence-corrected chi connectivity index (χ3v) is 5.21. The van der Waals surface area contributed by atoms with Gasteiger partial charge in [-0.05, 0) is 16.8 Å². The molecule has 6 rings (SSSR count). The first kappa shape index (κ1) is 22.2. The molecular weight excluding hydrogens is 589 g/mol. The molecule has 5 heteroatoms. The molecule has 0 radical (unpaired) electrons. The maximum atomic E-state index is 8.79. The summed E-state index contributed by atoms with van der Waals surface area (Å²) in [5.74, 6) is 0. The Kier molecular flexibility index (Phi) is 6.80. The molecule has 1 aromatic heterocycles. The Hall–Kier alpha value is -3.97. The van der Waals surface area contributed by atoms with Crippen LogP contribution >= 0.6 is 0 Å². The van der Waals surface area contributed by atoms with E-state index in [9.17, 15) is 0 Å². The Labute approximate surface area is 207 Å². The summed E-state index contributed by atoms with van der Waals surface area (Å²) in [6, 6.07) is 39.4. The third kappa shape index (κ3) is 4.78. The van der Waals surface area contributed by atoms with Crippen LogP contribution in [0.1, 0.15) is 5.56 Å². The van der Waals surface area contributed by atoms with Gasteiger partial charge in [0.15, 0.2) is 0 Å². The predicted molar refractivity (Wildman–Crippen MR) is 126 cm³/mol. The van der Waals surface area contributed by atoms with Crippen LogP contribution < -0.4 is 4.98 Å². The summed E-state index contributed by atoms with van der Waals surface area (Å²) >= 11 is 0. The van der Waals surface area contributed by atoms with Gasteiger partial charge in [-0.25, -0.2) is 0 Å². The molecule has 0 fully saturated rings. The number of rotatable bonds is 2. The summed E-state index contributed by atoms with van der Waals surface area (Å²) in [7, 11) is 0. The normalized spacial score (nSPS) is 11.7. The van der Waals surface area contributed by atoms with E-state index in [-0.39, 0.29) is 22.4 Å². The molecule has 0 bridgehead atoms. The molecule has 0 spiro atoms. The molecule has 160 valence electrons. The molecule has 1 aliphatic heterocycles. The van der Waals surface area contributed by atoms with Crippen molar-refractivity contribution in [1.82, 2.24) is 4.98 Å². The van der Waals surface area contributed by atoms with Crippen LogP contribution in [0.25, 0.3) is 21.8 Å². The van der Waals surface area contributed by atoms with Crippen LogP contribution in [0.5, 0.6) is 0 Å². The van der Waals surface area contributed by atoms with Crippen LogP contribution in [0.4, 0.5) is 11.4 Å². The maximum absolute atomic E-state index is 8.79. The van der Waals surface area contributed by atoms with E-state index < -0.39 is 0 Å². The van der Waals surface area contributed by atoms with E-state index >= 15 is 0 Å². The number of nitrogens with zero attached hydrogens (tertiary/aromatic N) is 4. The van der Waals surface area contributed by atoms with Crippen molar-refractivity contribution >= 4 is 39.2 Å². The van der Waals surface area contributed by atoms with Gasteiger partial charge in [-0.15, -0.1) is 11.0 Å². The van der Waals surface area contributed by atoms with Crippen LogP contribution in [-0.4, -0.2) is 15.2 Å². The molecule has 0 saturated carbocycles. The molecule has 33 heavy (non-hydrogen) atoms. The van der Waals surface area contributed by atoms with Crippen molar-refractivity contribution < 1.29 is 31.5 Å². The number of fused-ring (bicyclic) bond motifs is 3. The van der Waals surface area contributed by atoms with Gasteiger partial charge in [0.1, 0.15) is 0 Å². The molecule has 4 aromatic carbocycles. The average Bonchev–Trinajstić information content (AvgIpc) is 3.50. The molecule has 0 amide bonds. The summed E-state index contributed by atoms with van der Waals surface area (Å²) in [4.78, 5) is 4.47. The summed E-state index contributed by atoms with van der Waals surface area (Å²) in [6.45, 7) is 0. The van der Waals surface area contributed by atoms with E-state index in [4.69, 9.17) is 5.26 Å². The van der Waals surface area contributed by atoms with Gasteiger partial charge in [0.25, 0.3) is 12.4 Å². The van der Waals surface area contributed by atoms with Crippen molar-refractivity contribution in [3.05, 3.63) is 121 Å². The van der Waals surface area contributed by atoms with Crippen molar-refractivity contribution in [3.8, 4) is 6.07 Å². The molecule has 5 aromatic rings. The van der Waals surface area contributed by atoms with Gasteiger partial charge in [-0.3, -0.25) is 0 Å². The van der Waals surface area contributed by atoms with E-state index in [1.165, 1.54) is 0 Å². The minimum absolute atomic E-state index is 0. The van der Waals surface area contributed by atoms with Crippen molar-refractivity contribution in [3.63, 3.8) is 0 Å². The molecule has 0 saturated heterocycles. The molecular formula is C28H19AuN4+2. The Bertz CT molecular complexity index is 1500. The molecule has 4 nitrogen and oxygen atoms in total. The van der Waals surface area contributed by atoms with Crippen LogP contribution in [0.15, 0.2) is 116 Å². The third-order valence-electron chi connectivity index (χ3n) is 5.21. The molecule has 0 N–H and O–H groups in total. The van der Waals surface area contributed by atoms with Crippen LogP contribution in [0.3, 0.4) is 0 Å². The standard InChI is InChI=1S/C15H12N2.C13H7N2.Au/c1-3-7-14(8-4-1)16-11-12-17(13-16)15-9-5-2-6-10-15;14-8-9-5-6-11-10-3-1-2-4-12(10)15-13(11)7-9;/h1-12H;1-7H;/q+2;-1;+1. The molecule has 0 aliphatic carbocycles. The van der Waals surface area contributed by atoms with E-state index in [1.807, 2.05) is 94.3 Å². The monoisotopic (exact) mass is 608 g/mol. The van der Waals surface area contributed by atoms with Gasteiger partial charge in [0, 0.05) is 24.3 Å². The fourth-order valence-corrected chi connectivity index (χ4v) is 3.63. The van der Waals surface area contributed by atoms with Crippen LogP contribution in [0.2, 0.25) is 0 Å². The Morgan fingerprint density at radius 3 is 1.79 bits per heavy atom. The summed E-state index contributed by atoms with van der Waals surface area (Å²) in [6.07, 6.45) is 4.00. The number of hydrogen-bond acceptors (Lipinski definition) is 1. The second-order valence-electron chi connectivity index (χ2n) is 7.28. The molecule has 0 atom stereocenters. The Balaban J connectivity index is 0.000000153. The number of para-hydroxylation sites is 3. The Morgan fingerprint density at radius 1 is 0.636 bits per heavy atom. The minimum Gasteiger partial charge on any atom is -0.657 e. The van der Waals surface area contributed by atoms with Crippen molar-refractivity contribution in [2.24, 2.45) is 0 Å². The number of aromatic nitrogens is 1. The summed E-state index contributed by atoms with van der Waals surface area (Å²) in [5, 5.41) is 11.1.